The molecule has 3 heterocycles. The summed E-state index contributed by atoms with van der Waals surface area (Å²) in [5.41, 5.74) is 10.4. The molecule has 0 bridgehead atoms. The summed E-state index contributed by atoms with van der Waals surface area (Å²) in [7, 11) is 2.07. The number of rotatable bonds is 4. The van der Waals surface area contributed by atoms with Crippen LogP contribution in [0.15, 0.2) is 64.5 Å². The molecule has 2 unspecified atom stereocenters. The van der Waals surface area contributed by atoms with Gasteiger partial charge in [-0.05, 0) is 25.5 Å². The Morgan fingerprint density at radius 1 is 1.21 bits per heavy atom. The predicted octanol–water partition coefficient (Wildman–Crippen LogP) is 2.85. The molecule has 0 radical (unpaired) electrons. The number of allylic oxidation sites excluding steroid dienone is 2. The highest BCUT2D eigenvalue weighted by molar-refractivity contribution is 6.04. The number of hydrogen-bond acceptors (Lipinski definition) is 7. The van der Waals surface area contributed by atoms with Gasteiger partial charge in [0.25, 0.3) is 0 Å². The summed E-state index contributed by atoms with van der Waals surface area (Å²) in [6.07, 6.45) is 7.30. The molecule has 1 aliphatic carbocycles. The van der Waals surface area contributed by atoms with E-state index in [0.717, 1.165) is 30.2 Å². The summed E-state index contributed by atoms with van der Waals surface area (Å²) in [4.78, 5) is 24.0. The van der Waals surface area contributed by atoms with Crippen molar-refractivity contribution in [2.24, 2.45) is 10.9 Å². The maximum absolute atomic E-state index is 12.6. The SMILES string of the molecule is CC1=CC2C(=C(N3CCN(C(=O)OCC4CCOC4)CC3)N=C(c3ccccc3N)N2C)C=C1. The number of para-hydroxylation sites is 1. The van der Waals surface area contributed by atoms with Gasteiger partial charge < -0.3 is 29.9 Å². The molecule has 0 aromatic heterocycles. The van der Waals surface area contributed by atoms with Crippen LogP contribution in [0.5, 0.6) is 0 Å². The van der Waals surface area contributed by atoms with Crippen LogP contribution in [0.4, 0.5) is 10.5 Å². The molecule has 180 valence electrons. The molecule has 5 rings (SSSR count). The van der Waals surface area contributed by atoms with Crippen molar-refractivity contribution in [3.63, 3.8) is 0 Å². The summed E-state index contributed by atoms with van der Waals surface area (Å²) in [6, 6.07) is 7.95. The number of benzene rings is 1. The summed E-state index contributed by atoms with van der Waals surface area (Å²) >= 11 is 0. The van der Waals surface area contributed by atoms with Gasteiger partial charge in [0.15, 0.2) is 0 Å². The molecule has 3 aliphatic heterocycles. The Hall–Kier alpha value is -3.26. The van der Waals surface area contributed by atoms with E-state index < -0.39 is 0 Å². The van der Waals surface area contributed by atoms with Crippen molar-refractivity contribution in [2.75, 3.05) is 58.8 Å². The minimum atomic E-state index is -0.233. The van der Waals surface area contributed by atoms with Gasteiger partial charge in [0.1, 0.15) is 11.7 Å². The Balaban J connectivity index is 1.34. The number of nitrogen functional groups attached to an aromatic ring is 1. The average molecular weight is 464 g/mol. The minimum absolute atomic E-state index is 0.0868. The normalized spacial score (nSPS) is 24.7. The third-order valence-electron chi connectivity index (χ3n) is 6.99. The first-order valence-corrected chi connectivity index (χ1v) is 12.0. The fourth-order valence-electron chi connectivity index (χ4n) is 4.92. The zero-order chi connectivity index (χ0) is 23.7. The van der Waals surface area contributed by atoms with Crippen molar-refractivity contribution in [2.45, 2.75) is 19.4 Å². The van der Waals surface area contributed by atoms with Crippen LogP contribution >= 0.6 is 0 Å². The first-order valence-electron chi connectivity index (χ1n) is 12.0. The lowest BCUT2D eigenvalue weighted by Crippen LogP contribution is -2.50. The summed E-state index contributed by atoms with van der Waals surface area (Å²) in [6.45, 7) is 6.61. The van der Waals surface area contributed by atoms with Crippen LogP contribution in [0.2, 0.25) is 0 Å². The lowest BCUT2D eigenvalue weighted by Gasteiger charge is -2.42. The predicted molar refractivity (Wildman–Crippen MR) is 132 cm³/mol. The molecule has 1 aromatic rings. The minimum Gasteiger partial charge on any atom is -0.449 e. The number of nitrogens with two attached hydrogens (primary N) is 1. The van der Waals surface area contributed by atoms with Crippen LogP contribution < -0.4 is 5.73 Å². The van der Waals surface area contributed by atoms with Crippen molar-refractivity contribution in [1.82, 2.24) is 14.7 Å². The first-order chi connectivity index (χ1) is 16.5. The van der Waals surface area contributed by atoms with E-state index in [2.05, 4.69) is 42.0 Å². The van der Waals surface area contributed by atoms with E-state index in [4.69, 9.17) is 20.2 Å². The summed E-state index contributed by atoms with van der Waals surface area (Å²) < 4.78 is 10.9. The maximum Gasteiger partial charge on any atom is 0.409 e. The van der Waals surface area contributed by atoms with E-state index in [1.54, 1.807) is 4.90 Å². The van der Waals surface area contributed by atoms with Gasteiger partial charge in [0, 0.05) is 62.6 Å². The van der Waals surface area contributed by atoms with Crippen LogP contribution in [-0.2, 0) is 9.47 Å². The Kier molecular flexibility index (Phi) is 6.32. The third-order valence-corrected chi connectivity index (χ3v) is 6.99. The van der Waals surface area contributed by atoms with Crippen LogP contribution in [0.25, 0.3) is 0 Å². The number of aliphatic imine (C=N–C) groups is 1. The van der Waals surface area contributed by atoms with Crippen LogP contribution in [0.1, 0.15) is 18.9 Å². The Bertz CT molecular complexity index is 1060. The summed E-state index contributed by atoms with van der Waals surface area (Å²) in [5, 5.41) is 0. The number of hydrogen-bond donors (Lipinski definition) is 1. The summed E-state index contributed by atoms with van der Waals surface area (Å²) in [5.74, 6) is 2.14. The van der Waals surface area contributed by atoms with E-state index >= 15 is 0 Å². The van der Waals surface area contributed by atoms with E-state index in [1.807, 2.05) is 24.3 Å². The van der Waals surface area contributed by atoms with Crippen LogP contribution in [-0.4, -0.2) is 85.7 Å². The quantitative estimate of drug-likeness (QED) is 0.692. The van der Waals surface area contributed by atoms with Crippen molar-refractivity contribution in [3.05, 3.63) is 65.0 Å². The van der Waals surface area contributed by atoms with Crippen molar-refractivity contribution in [3.8, 4) is 0 Å². The van der Waals surface area contributed by atoms with Gasteiger partial charge in [-0.15, -0.1) is 0 Å². The zero-order valence-electron chi connectivity index (χ0n) is 19.9. The topological polar surface area (TPSA) is 83.6 Å². The van der Waals surface area contributed by atoms with Gasteiger partial charge >= 0.3 is 6.09 Å². The Morgan fingerprint density at radius 3 is 2.74 bits per heavy atom. The number of ether oxygens (including phenoxy) is 2. The van der Waals surface area contributed by atoms with Gasteiger partial charge in [-0.25, -0.2) is 9.79 Å². The van der Waals surface area contributed by atoms with Gasteiger partial charge in [-0.3, -0.25) is 0 Å². The number of carbonyl (C=O) groups excluding carboxylic acids is 1. The van der Waals surface area contributed by atoms with Crippen LogP contribution in [0.3, 0.4) is 0 Å². The molecule has 8 heteroatoms. The van der Waals surface area contributed by atoms with E-state index in [9.17, 15) is 4.79 Å². The Morgan fingerprint density at radius 2 is 2.00 bits per heavy atom. The smallest absolute Gasteiger partial charge is 0.409 e. The van der Waals surface area contributed by atoms with Crippen molar-refractivity contribution >= 4 is 17.6 Å². The second kappa shape index (κ2) is 9.54. The number of amidine groups is 1. The second-order valence-electron chi connectivity index (χ2n) is 9.38. The number of amides is 1. The molecule has 8 nitrogen and oxygen atoms in total. The number of piperazine rings is 1. The highest BCUT2D eigenvalue weighted by atomic mass is 16.6. The third kappa shape index (κ3) is 4.42. The van der Waals surface area contributed by atoms with Gasteiger partial charge in [0.05, 0.1) is 19.3 Å². The van der Waals surface area contributed by atoms with Crippen molar-refractivity contribution in [1.29, 1.82) is 0 Å². The average Bonchev–Trinajstić information content (AvgIpc) is 3.38. The number of likely N-dealkylation sites (N-methyl/N-ethyl adjacent to an activating group) is 1. The lowest BCUT2D eigenvalue weighted by molar-refractivity contribution is 0.0681. The Labute approximate surface area is 201 Å². The van der Waals surface area contributed by atoms with E-state index in [0.29, 0.717) is 51.0 Å². The van der Waals surface area contributed by atoms with E-state index in [1.165, 1.54) is 11.1 Å². The molecule has 2 N–H and O–H groups in total. The molecule has 2 saturated heterocycles. The molecular weight excluding hydrogens is 430 g/mol. The number of nitrogens with zero attached hydrogens (tertiary/aromatic N) is 4. The van der Waals surface area contributed by atoms with Gasteiger partial charge in [-0.1, -0.05) is 35.9 Å². The molecular formula is C26H33N5O3. The standard InChI is InChI=1S/C26H33N5O3/c1-18-7-8-21-23(15-18)29(2)24(20-5-3-4-6-22(20)27)28-25(21)30-10-12-31(13-11-30)26(32)34-17-19-9-14-33-16-19/h3-8,15,19,23H,9-14,16-17,27H2,1-2H3. The molecule has 4 aliphatic rings. The largest absolute Gasteiger partial charge is 0.449 e. The molecule has 1 aromatic carbocycles. The number of anilines is 1. The lowest BCUT2D eigenvalue weighted by atomic mass is 9.94. The highest BCUT2D eigenvalue weighted by Gasteiger charge is 2.34. The molecule has 0 spiro atoms. The monoisotopic (exact) mass is 463 g/mol. The molecule has 34 heavy (non-hydrogen) atoms. The molecule has 0 saturated carbocycles. The van der Waals surface area contributed by atoms with Gasteiger partial charge in [-0.2, -0.15) is 0 Å². The first kappa shape index (κ1) is 22.5. The second-order valence-corrected chi connectivity index (χ2v) is 9.38. The fraction of sp³-hybridized carbons (Fsp3) is 0.462. The van der Waals surface area contributed by atoms with E-state index in [-0.39, 0.29) is 12.1 Å². The maximum atomic E-state index is 12.6. The van der Waals surface area contributed by atoms with Gasteiger partial charge in [0.2, 0.25) is 0 Å². The zero-order valence-corrected chi connectivity index (χ0v) is 19.9. The molecule has 2 atom stereocenters. The molecule has 2 fully saturated rings. The fourth-order valence-corrected chi connectivity index (χ4v) is 4.92. The number of fused-ring (bicyclic) bond motifs is 1. The number of carbonyl (C=O) groups is 1. The van der Waals surface area contributed by atoms with Crippen molar-refractivity contribution < 1.29 is 14.3 Å². The highest BCUT2D eigenvalue weighted by Crippen LogP contribution is 2.33. The van der Waals surface area contributed by atoms with Crippen LogP contribution in [0, 0.1) is 5.92 Å². The molecule has 1 amide bonds.